The molecule has 0 aromatic heterocycles. The van der Waals surface area contributed by atoms with Gasteiger partial charge in [0.25, 0.3) is 10.0 Å². The summed E-state index contributed by atoms with van der Waals surface area (Å²) in [7, 11) is -3.76. The maximum atomic E-state index is 12.4. The first-order valence-corrected chi connectivity index (χ1v) is 7.85. The Labute approximate surface area is 129 Å². The van der Waals surface area contributed by atoms with Gasteiger partial charge in [-0.1, -0.05) is 23.6 Å². The molecule has 108 valence electrons. The van der Waals surface area contributed by atoms with Gasteiger partial charge in [0.15, 0.2) is 0 Å². The summed E-state index contributed by atoms with van der Waals surface area (Å²) in [5, 5.41) is 0.350. The van der Waals surface area contributed by atoms with Crippen molar-refractivity contribution in [1.29, 1.82) is 0 Å². The van der Waals surface area contributed by atoms with Crippen LogP contribution in [-0.2, 0) is 10.0 Å². The first kappa shape index (κ1) is 15.2. The first-order valence-electron chi connectivity index (χ1n) is 5.98. The van der Waals surface area contributed by atoms with E-state index in [0.29, 0.717) is 21.8 Å². The Bertz CT molecular complexity index is 816. The number of nitrogen functional groups attached to an aromatic ring is 1. The number of anilines is 2. The molecule has 21 heavy (non-hydrogen) atoms. The van der Waals surface area contributed by atoms with E-state index in [1.807, 2.05) is 0 Å². The zero-order valence-corrected chi connectivity index (χ0v) is 12.8. The normalized spacial score (nSPS) is 10.9. The van der Waals surface area contributed by atoms with Crippen LogP contribution in [0.15, 0.2) is 41.3 Å². The van der Waals surface area contributed by atoms with Gasteiger partial charge in [-0.25, -0.2) is 8.42 Å². The Balaban J connectivity index is 2.41. The smallest absolute Gasteiger partial charge is 0.261 e. The molecule has 2 aromatic rings. The summed E-state index contributed by atoms with van der Waals surface area (Å²) in [4.78, 5) is 0.0491. The number of benzene rings is 2. The lowest BCUT2D eigenvalue weighted by molar-refractivity contribution is 0.601. The van der Waals surface area contributed by atoms with Crippen LogP contribution in [0.3, 0.4) is 0 Å². The third-order valence-corrected chi connectivity index (χ3v) is 4.72. The van der Waals surface area contributed by atoms with Crippen LogP contribution in [0.25, 0.3) is 0 Å². The van der Waals surface area contributed by atoms with Crippen molar-refractivity contribution in [2.45, 2.75) is 11.8 Å². The third kappa shape index (κ3) is 3.30. The van der Waals surface area contributed by atoms with Crippen LogP contribution < -0.4 is 10.5 Å². The molecule has 0 heterocycles. The number of halogens is 1. The largest absolute Gasteiger partial charge is 0.397 e. The fraction of sp³-hybridized carbons (Fsp3) is 0.0667. The maximum absolute atomic E-state index is 12.4. The van der Waals surface area contributed by atoms with Gasteiger partial charge in [0, 0.05) is 5.56 Å². The van der Waals surface area contributed by atoms with Gasteiger partial charge in [0.05, 0.1) is 21.3 Å². The van der Waals surface area contributed by atoms with Crippen LogP contribution >= 0.6 is 11.6 Å². The SMILES string of the molecule is C#Cc1cccc(NS(=O)(=O)c2cc(C)c(Cl)c(N)c2)c1. The van der Waals surface area contributed by atoms with Gasteiger partial charge in [-0.2, -0.15) is 0 Å². The van der Waals surface area contributed by atoms with E-state index >= 15 is 0 Å². The van der Waals surface area contributed by atoms with E-state index < -0.39 is 10.0 Å². The van der Waals surface area contributed by atoms with Crippen LogP contribution in [0.1, 0.15) is 11.1 Å². The van der Waals surface area contributed by atoms with Gasteiger partial charge in [-0.15, -0.1) is 6.42 Å². The Morgan fingerprint density at radius 1 is 1.29 bits per heavy atom. The molecular weight excluding hydrogens is 308 g/mol. The third-order valence-electron chi connectivity index (χ3n) is 2.85. The fourth-order valence-corrected chi connectivity index (χ4v) is 3.08. The Morgan fingerprint density at radius 2 is 2.00 bits per heavy atom. The fourth-order valence-electron chi connectivity index (χ4n) is 1.80. The second-order valence-electron chi connectivity index (χ2n) is 4.47. The quantitative estimate of drug-likeness (QED) is 0.674. The molecule has 0 bridgehead atoms. The van der Waals surface area contributed by atoms with Crippen molar-refractivity contribution in [2.75, 3.05) is 10.5 Å². The summed E-state index contributed by atoms with van der Waals surface area (Å²) >= 11 is 5.94. The van der Waals surface area contributed by atoms with E-state index in [4.69, 9.17) is 23.8 Å². The van der Waals surface area contributed by atoms with Crippen molar-refractivity contribution in [3.63, 3.8) is 0 Å². The van der Waals surface area contributed by atoms with Crippen molar-refractivity contribution in [1.82, 2.24) is 0 Å². The van der Waals surface area contributed by atoms with E-state index in [0.717, 1.165) is 0 Å². The highest BCUT2D eigenvalue weighted by molar-refractivity contribution is 7.92. The van der Waals surface area contributed by atoms with E-state index in [1.54, 1.807) is 31.2 Å². The zero-order chi connectivity index (χ0) is 15.6. The number of hydrogen-bond acceptors (Lipinski definition) is 3. The molecule has 0 unspecified atom stereocenters. The minimum absolute atomic E-state index is 0.0491. The summed E-state index contributed by atoms with van der Waals surface area (Å²) in [6.45, 7) is 1.69. The highest BCUT2D eigenvalue weighted by Gasteiger charge is 2.17. The predicted octanol–water partition coefficient (Wildman–Crippen LogP) is 3.01. The Hall–Kier alpha value is -2.16. The number of hydrogen-bond donors (Lipinski definition) is 2. The standard InChI is InChI=1S/C15H13ClN2O2S/c1-3-11-5-4-6-12(8-11)18-21(19,20)13-7-10(2)15(16)14(17)9-13/h1,4-9,18H,17H2,2H3. The van der Waals surface area contributed by atoms with E-state index in [9.17, 15) is 8.42 Å². The first-order chi connectivity index (χ1) is 9.83. The van der Waals surface area contributed by atoms with Gasteiger partial charge < -0.3 is 5.73 Å². The highest BCUT2D eigenvalue weighted by Crippen LogP contribution is 2.27. The molecular formula is C15H13ClN2O2S. The number of aryl methyl sites for hydroxylation is 1. The molecule has 0 aliphatic heterocycles. The minimum Gasteiger partial charge on any atom is -0.397 e. The molecule has 2 rings (SSSR count). The summed E-state index contributed by atoms with van der Waals surface area (Å²) in [6, 6.07) is 9.36. The molecule has 0 fully saturated rings. The lowest BCUT2D eigenvalue weighted by Crippen LogP contribution is -2.13. The lowest BCUT2D eigenvalue weighted by atomic mass is 10.2. The molecule has 0 aliphatic carbocycles. The van der Waals surface area contributed by atoms with Crippen LogP contribution in [0.2, 0.25) is 5.02 Å². The minimum atomic E-state index is -3.76. The van der Waals surface area contributed by atoms with E-state index in [2.05, 4.69) is 10.6 Å². The molecule has 4 nitrogen and oxygen atoms in total. The predicted molar refractivity (Wildman–Crippen MR) is 85.8 cm³/mol. The Kier molecular flexibility index (Phi) is 4.12. The van der Waals surface area contributed by atoms with Crippen LogP contribution in [-0.4, -0.2) is 8.42 Å². The molecule has 0 spiro atoms. The number of nitrogens with two attached hydrogens (primary N) is 1. The number of nitrogens with one attached hydrogen (secondary N) is 1. The topological polar surface area (TPSA) is 72.2 Å². The zero-order valence-electron chi connectivity index (χ0n) is 11.2. The second kappa shape index (κ2) is 5.68. The molecule has 0 saturated heterocycles. The van der Waals surface area contributed by atoms with Crippen molar-refractivity contribution >= 4 is 33.0 Å². The summed E-state index contributed by atoms with van der Waals surface area (Å²) in [5.74, 6) is 2.45. The van der Waals surface area contributed by atoms with Crippen LogP contribution in [0.4, 0.5) is 11.4 Å². The van der Waals surface area contributed by atoms with Gasteiger partial charge in [0.1, 0.15) is 0 Å². The highest BCUT2D eigenvalue weighted by atomic mass is 35.5. The van der Waals surface area contributed by atoms with Crippen molar-refractivity contribution in [3.05, 3.63) is 52.5 Å². The van der Waals surface area contributed by atoms with Crippen molar-refractivity contribution in [2.24, 2.45) is 0 Å². The molecule has 0 aliphatic rings. The van der Waals surface area contributed by atoms with Crippen molar-refractivity contribution < 1.29 is 8.42 Å². The van der Waals surface area contributed by atoms with Crippen molar-refractivity contribution in [3.8, 4) is 12.3 Å². The van der Waals surface area contributed by atoms with Crippen LogP contribution in [0, 0.1) is 19.3 Å². The molecule has 0 atom stereocenters. The van der Waals surface area contributed by atoms with Gasteiger partial charge in [-0.05, 0) is 42.8 Å². The van der Waals surface area contributed by atoms with E-state index in [1.165, 1.54) is 12.1 Å². The van der Waals surface area contributed by atoms with Crippen LogP contribution in [0.5, 0.6) is 0 Å². The molecule has 2 aromatic carbocycles. The average molecular weight is 321 g/mol. The van der Waals surface area contributed by atoms with E-state index in [-0.39, 0.29) is 10.6 Å². The molecule has 0 saturated carbocycles. The average Bonchev–Trinajstić information content (AvgIpc) is 2.44. The summed E-state index contributed by atoms with van der Waals surface area (Å²) < 4.78 is 27.2. The number of sulfonamides is 1. The Morgan fingerprint density at radius 3 is 2.62 bits per heavy atom. The lowest BCUT2D eigenvalue weighted by Gasteiger charge is -2.11. The monoisotopic (exact) mass is 320 g/mol. The number of terminal acetylenes is 1. The number of rotatable bonds is 3. The maximum Gasteiger partial charge on any atom is 0.261 e. The summed E-state index contributed by atoms with van der Waals surface area (Å²) in [6.07, 6.45) is 5.29. The summed E-state index contributed by atoms with van der Waals surface area (Å²) in [5.41, 5.74) is 7.49. The second-order valence-corrected chi connectivity index (χ2v) is 6.53. The molecule has 6 heteroatoms. The molecule has 3 N–H and O–H groups in total. The van der Waals surface area contributed by atoms with Gasteiger partial charge >= 0.3 is 0 Å². The van der Waals surface area contributed by atoms with Gasteiger partial charge in [-0.3, -0.25) is 4.72 Å². The molecule has 0 radical (unpaired) electrons. The molecule has 0 amide bonds. The van der Waals surface area contributed by atoms with Gasteiger partial charge in [0.2, 0.25) is 0 Å².